The minimum Gasteiger partial charge on any atom is -0.497 e. The van der Waals surface area contributed by atoms with Crippen molar-refractivity contribution in [2.45, 2.75) is 26.9 Å². The van der Waals surface area contributed by atoms with Crippen molar-refractivity contribution in [1.29, 1.82) is 0 Å². The summed E-state index contributed by atoms with van der Waals surface area (Å²) < 4.78 is 12.1. The summed E-state index contributed by atoms with van der Waals surface area (Å²) in [5.74, 6) is 1.47. The summed E-state index contributed by atoms with van der Waals surface area (Å²) in [6, 6.07) is 8.00. The van der Waals surface area contributed by atoms with Gasteiger partial charge >= 0.3 is 0 Å². The number of ether oxygens (including phenoxy) is 2. The van der Waals surface area contributed by atoms with E-state index in [4.69, 9.17) is 9.47 Å². The van der Waals surface area contributed by atoms with Gasteiger partial charge < -0.3 is 9.47 Å². The summed E-state index contributed by atoms with van der Waals surface area (Å²) in [5.41, 5.74) is 1.18. The molecule has 2 nitrogen and oxygen atoms in total. The Labute approximate surface area is 124 Å². The predicted octanol–water partition coefficient (Wildman–Crippen LogP) is 4.58. The van der Waals surface area contributed by atoms with Gasteiger partial charge in [-0.2, -0.15) is 0 Å². The molecule has 0 aliphatic carbocycles. The SMILES string of the molecule is COc1ccc(COCC[C@@H](C)/C=C(\C)I)cc1. The van der Waals surface area contributed by atoms with Crippen molar-refractivity contribution in [2.75, 3.05) is 13.7 Å². The number of hydrogen-bond acceptors (Lipinski definition) is 2. The van der Waals surface area contributed by atoms with Crippen molar-refractivity contribution < 1.29 is 9.47 Å². The highest BCUT2D eigenvalue weighted by Crippen LogP contribution is 2.14. The van der Waals surface area contributed by atoms with Crippen LogP contribution in [0.15, 0.2) is 33.9 Å². The lowest BCUT2D eigenvalue weighted by atomic mass is 10.1. The maximum absolute atomic E-state index is 5.67. The standard InChI is InChI=1S/C15H21IO2/c1-12(10-13(2)16)8-9-18-11-14-4-6-15(17-3)7-5-14/h4-7,10,12H,8-9,11H2,1-3H3/b13-10+/t12-/m1/s1. The molecule has 0 saturated heterocycles. The van der Waals surface area contributed by atoms with E-state index < -0.39 is 0 Å². The maximum atomic E-state index is 5.67. The van der Waals surface area contributed by atoms with Crippen LogP contribution in [0.4, 0.5) is 0 Å². The molecule has 0 N–H and O–H groups in total. The molecule has 0 aliphatic rings. The molecule has 0 fully saturated rings. The Kier molecular flexibility index (Phi) is 7.35. The van der Waals surface area contributed by atoms with E-state index in [1.807, 2.05) is 24.3 Å². The van der Waals surface area contributed by atoms with Gasteiger partial charge in [0.2, 0.25) is 0 Å². The Hall–Kier alpha value is -0.550. The van der Waals surface area contributed by atoms with E-state index in [0.29, 0.717) is 12.5 Å². The molecule has 0 unspecified atom stereocenters. The second kappa shape index (κ2) is 8.53. The average Bonchev–Trinajstić information content (AvgIpc) is 2.34. The third kappa shape index (κ3) is 6.40. The molecule has 0 spiro atoms. The lowest BCUT2D eigenvalue weighted by Gasteiger charge is -2.08. The van der Waals surface area contributed by atoms with Gasteiger partial charge in [-0.15, -0.1) is 0 Å². The fraction of sp³-hybridized carbons (Fsp3) is 0.467. The lowest BCUT2D eigenvalue weighted by molar-refractivity contribution is 0.113. The van der Waals surface area contributed by atoms with Crippen LogP contribution in [-0.4, -0.2) is 13.7 Å². The smallest absolute Gasteiger partial charge is 0.118 e. The van der Waals surface area contributed by atoms with Gasteiger partial charge in [0.25, 0.3) is 0 Å². The van der Waals surface area contributed by atoms with Gasteiger partial charge in [-0.25, -0.2) is 0 Å². The van der Waals surface area contributed by atoms with Gasteiger partial charge in [-0.1, -0.05) is 25.1 Å². The molecule has 18 heavy (non-hydrogen) atoms. The van der Waals surface area contributed by atoms with E-state index >= 15 is 0 Å². The number of methoxy groups -OCH3 is 1. The largest absolute Gasteiger partial charge is 0.497 e. The molecule has 0 saturated carbocycles. The second-order valence-corrected chi connectivity index (χ2v) is 6.12. The molecular formula is C15H21IO2. The summed E-state index contributed by atoms with van der Waals surface area (Å²) >= 11 is 2.34. The van der Waals surface area contributed by atoms with Crippen LogP contribution in [0.3, 0.4) is 0 Å². The average molecular weight is 360 g/mol. The zero-order valence-electron chi connectivity index (χ0n) is 11.3. The Bertz CT molecular complexity index is 367. The third-order valence-corrected chi connectivity index (χ3v) is 3.02. The Morgan fingerprint density at radius 1 is 1.33 bits per heavy atom. The van der Waals surface area contributed by atoms with E-state index in [9.17, 15) is 0 Å². The molecule has 0 aromatic heterocycles. The number of rotatable bonds is 7. The summed E-state index contributed by atoms with van der Waals surface area (Å²) in [4.78, 5) is 0. The predicted molar refractivity (Wildman–Crippen MR) is 84.2 cm³/mol. The molecule has 1 atom stereocenters. The van der Waals surface area contributed by atoms with Gasteiger partial charge in [0.05, 0.1) is 13.7 Å². The van der Waals surface area contributed by atoms with Crippen molar-refractivity contribution in [2.24, 2.45) is 5.92 Å². The first-order valence-corrected chi connectivity index (χ1v) is 7.24. The van der Waals surface area contributed by atoms with E-state index in [2.05, 4.69) is 42.5 Å². The van der Waals surface area contributed by atoms with E-state index in [1.54, 1.807) is 7.11 Å². The van der Waals surface area contributed by atoms with Crippen molar-refractivity contribution >= 4 is 22.6 Å². The molecule has 0 amide bonds. The lowest BCUT2D eigenvalue weighted by Crippen LogP contribution is -2.00. The van der Waals surface area contributed by atoms with Crippen LogP contribution in [0, 0.1) is 5.92 Å². The molecule has 0 aliphatic heterocycles. The van der Waals surface area contributed by atoms with Crippen molar-refractivity contribution in [3.8, 4) is 5.75 Å². The highest BCUT2D eigenvalue weighted by molar-refractivity contribution is 14.1. The van der Waals surface area contributed by atoms with Gasteiger partial charge in [-0.3, -0.25) is 0 Å². The van der Waals surface area contributed by atoms with Gasteiger partial charge in [0.1, 0.15) is 5.75 Å². The molecular weight excluding hydrogens is 339 g/mol. The van der Waals surface area contributed by atoms with Gasteiger partial charge in [0, 0.05) is 6.61 Å². The number of halogens is 1. The maximum Gasteiger partial charge on any atom is 0.118 e. The minimum atomic E-state index is 0.581. The third-order valence-electron chi connectivity index (χ3n) is 2.66. The molecule has 0 heterocycles. The van der Waals surface area contributed by atoms with Crippen LogP contribution in [0.2, 0.25) is 0 Å². The molecule has 100 valence electrons. The number of hydrogen-bond donors (Lipinski definition) is 0. The summed E-state index contributed by atoms with van der Waals surface area (Å²) in [7, 11) is 1.68. The van der Waals surface area contributed by atoms with Gasteiger partial charge in [-0.05, 0) is 63.1 Å². The van der Waals surface area contributed by atoms with E-state index in [-0.39, 0.29) is 0 Å². The van der Waals surface area contributed by atoms with Crippen LogP contribution in [0.25, 0.3) is 0 Å². The van der Waals surface area contributed by atoms with Crippen LogP contribution in [0.5, 0.6) is 5.75 Å². The Balaban J connectivity index is 2.23. The van der Waals surface area contributed by atoms with Crippen molar-refractivity contribution in [3.05, 3.63) is 39.5 Å². The minimum absolute atomic E-state index is 0.581. The first kappa shape index (κ1) is 15.5. The highest BCUT2D eigenvalue weighted by Gasteiger charge is 1.99. The van der Waals surface area contributed by atoms with Crippen LogP contribution in [0.1, 0.15) is 25.8 Å². The van der Waals surface area contributed by atoms with Crippen LogP contribution >= 0.6 is 22.6 Å². The first-order chi connectivity index (χ1) is 8.61. The van der Waals surface area contributed by atoms with Crippen LogP contribution < -0.4 is 4.74 Å². The zero-order chi connectivity index (χ0) is 13.4. The molecule has 1 aromatic rings. The summed E-state index contributed by atoms with van der Waals surface area (Å²) in [6.07, 6.45) is 3.34. The van der Waals surface area contributed by atoms with Gasteiger partial charge in [0.15, 0.2) is 0 Å². The first-order valence-electron chi connectivity index (χ1n) is 6.16. The van der Waals surface area contributed by atoms with E-state index in [0.717, 1.165) is 18.8 Å². The van der Waals surface area contributed by atoms with Crippen molar-refractivity contribution in [1.82, 2.24) is 0 Å². The quantitative estimate of drug-likeness (QED) is 0.524. The number of allylic oxidation sites excluding steroid dienone is 2. The number of benzene rings is 1. The summed E-state index contributed by atoms with van der Waals surface area (Å²) in [6.45, 7) is 5.81. The van der Waals surface area contributed by atoms with E-state index in [1.165, 1.54) is 9.14 Å². The Morgan fingerprint density at radius 3 is 2.56 bits per heavy atom. The molecule has 1 aromatic carbocycles. The van der Waals surface area contributed by atoms with Crippen molar-refractivity contribution in [3.63, 3.8) is 0 Å². The normalized spacial score (nSPS) is 13.4. The Morgan fingerprint density at radius 2 is 2.00 bits per heavy atom. The molecule has 0 radical (unpaired) electrons. The molecule has 3 heteroatoms. The second-order valence-electron chi connectivity index (χ2n) is 4.42. The fourth-order valence-electron chi connectivity index (χ4n) is 1.66. The zero-order valence-corrected chi connectivity index (χ0v) is 13.4. The molecule has 1 rings (SSSR count). The molecule has 0 bridgehead atoms. The highest BCUT2D eigenvalue weighted by atomic mass is 127. The monoisotopic (exact) mass is 360 g/mol. The summed E-state index contributed by atoms with van der Waals surface area (Å²) in [5, 5.41) is 0. The topological polar surface area (TPSA) is 18.5 Å². The van der Waals surface area contributed by atoms with Crippen LogP contribution in [-0.2, 0) is 11.3 Å². The fourth-order valence-corrected chi connectivity index (χ4v) is 2.27.